The van der Waals surface area contributed by atoms with Gasteiger partial charge < -0.3 is 42.5 Å². The fourth-order valence-corrected chi connectivity index (χ4v) is 12.0. The van der Waals surface area contributed by atoms with E-state index in [1.807, 2.05) is 159 Å². The van der Waals surface area contributed by atoms with Gasteiger partial charge in [-0.2, -0.15) is 0 Å². The van der Waals surface area contributed by atoms with Crippen LogP contribution in [0.4, 0.5) is 0 Å². The Balaban J connectivity index is 0.940. The third kappa shape index (κ3) is 13.5. The van der Waals surface area contributed by atoms with Crippen LogP contribution in [0.1, 0.15) is 95.6 Å². The molecule has 6 aromatic carbocycles. The van der Waals surface area contributed by atoms with Crippen LogP contribution in [0.3, 0.4) is 0 Å². The molecule has 16 nitrogen and oxygen atoms in total. The Morgan fingerprint density at radius 2 is 0.869 bits per heavy atom. The summed E-state index contributed by atoms with van der Waals surface area (Å²) in [5.74, 6) is -2.41. The van der Waals surface area contributed by atoms with Crippen LogP contribution in [-0.2, 0) is 44.9 Å². The first-order chi connectivity index (χ1) is 40.9. The zero-order valence-electron chi connectivity index (χ0n) is 48.0. The Hall–Kier alpha value is -8.86. The van der Waals surface area contributed by atoms with E-state index in [0.29, 0.717) is 100 Å². The molecule has 10 rings (SSSR count). The third-order valence-electron chi connectivity index (χ3n) is 16.5. The number of hydrogen-bond donors (Lipinski definition) is 6. The van der Waals surface area contributed by atoms with Gasteiger partial charge >= 0.3 is 0 Å². The number of nitrogens with one attached hydrogen (secondary N) is 4. The molecular weight excluding hydrogens is 1050 g/mol. The largest absolute Gasteiger partial charge is 0.356 e. The molecule has 0 aliphatic carbocycles. The Labute approximate surface area is 489 Å². The van der Waals surface area contributed by atoms with Crippen LogP contribution >= 0.6 is 0 Å². The van der Waals surface area contributed by atoms with E-state index in [0.717, 1.165) is 54.5 Å². The van der Waals surface area contributed by atoms with E-state index < -0.39 is 47.8 Å². The standard InChI is InChI=1S/C68H74N10O6/c1-3-55-53(37-49-35-45-23-11-13-25-47(45)39-59(49)73-55)63(79)75-57(67(83)77-31-17-29-61(77)65(81)71-51(41-69)33-43-19-7-5-8-20-43)27-15-16-28-58(68(84)78-32-18-30-62(78)66(82)72-52(42-70)34-44-21-9-6-10-22-44)76-64(80)54-38-50-36-46-24-12-14-26-48(46)40-60(50)74-56(54)4-2/h5-16,19-26,35-40,51-52,57-58,61-62H,3-4,17-18,27-34,41-42,69-70H2,1-2H3,(H,71,81)(H,72,82)(H,75,79)(H,76,80)/p+2/b16-15+/t51-,52-,57-,58?,61-,62-/m0/s1. The SMILES string of the molecule is CCc1nc2cc3ccccc3cc2cc1C(=O)NC(C/C=C/C[C@H](NC(=O)c1cc2cc3ccccc3cc2nc1CC)C(=O)N1CCC[C@H]1C(=O)N[C@H](C[NH3+])Cc1ccccc1)C(=O)N1CCC[C@H]1C(=O)N[C@H](C[NH3+])Cc1ccccc1. The van der Waals surface area contributed by atoms with Gasteiger partial charge in [0.25, 0.3) is 11.8 Å². The Bertz CT molecular complexity index is 3500. The first kappa shape index (κ1) is 58.3. The van der Waals surface area contributed by atoms with Gasteiger partial charge in [0.15, 0.2) is 0 Å². The smallest absolute Gasteiger partial charge is 0.253 e. The average molecular weight is 1130 g/mol. The average Bonchev–Trinajstić information content (AvgIpc) is 4.07. The number of rotatable bonds is 22. The van der Waals surface area contributed by atoms with E-state index in [9.17, 15) is 19.2 Å². The van der Waals surface area contributed by atoms with E-state index in [2.05, 4.69) is 32.7 Å². The van der Waals surface area contributed by atoms with Crippen molar-refractivity contribution < 1.29 is 40.2 Å². The number of quaternary nitrogens is 2. The van der Waals surface area contributed by atoms with Gasteiger partial charge in [-0.25, -0.2) is 0 Å². The van der Waals surface area contributed by atoms with Gasteiger partial charge in [-0.1, -0.05) is 135 Å². The fourth-order valence-electron chi connectivity index (χ4n) is 12.0. The maximum absolute atomic E-state index is 15.1. The van der Waals surface area contributed by atoms with Crippen LogP contribution in [0.2, 0.25) is 0 Å². The zero-order valence-corrected chi connectivity index (χ0v) is 48.0. The molecule has 84 heavy (non-hydrogen) atoms. The molecular formula is C68H76N10O6+2. The molecule has 2 aliphatic rings. The number of fused-ring (bicyclic) bond motifs is 4. The Kier molecular flexibility index (Phi) is 18.8. The van der Waals surface area contributed by atoms with Crippen LogP contribution in [-0.4, -0.2) is 118 Å². The molecule has 6 amide bonds. The summed E-state index contributed by atoms with van der Waals surface area (Å²) in [4.78, 5) is 101. The molecule has 1 unspecified atom stereocenters. The summed E-state index contributed by atoms with van der Waals surface area (Å²) in [7, 11) is 0. The number of likely N-dealkylation sites (tertiary alicyclic amines) is 2. The van der Waals surface area contributed by atoms with Crippen molar-refractivity contribution >= 4 is 78.8 Å². The molecule has 2 saturated heterocycles. The normalized spacial score (nSPS) is 16.7. The van der Waals surface area contributed by atoms with Gasteiger partial charge in [-0.15, -0.1) is 0 Å². The van der Waals surface area contributed by atoms with Crippen molar-refractivity contribution in [3.05, 3.63) is 191 Å². The number of pyridine rings is 2. The minimum Gasteiger partial charge on any atom is -0.356 e. The summed E-state index contributed by atoms with van der Waals surface area (Å²) in [6, 6.07) is 42.9. The van der Waals surface area contributed by atoms with Gasteiger partial charge in [0.1, 0.15) is 24.2 Å². The van der Waals surface area contributed by atoms with E-state index in [1.54, 1.807) is 22.0 Å². The van der Waals surface area contributed by atoms with E-state index in [1.165, 1.54) is 0 Å². The van der Waals surface area contributed by atoms with E-state index >= 15 is 9.59 Å². The molecule has 16 heteroatoms. The highest BCUT2D eigenvalue weighted by Gasteiger charge is 2.40. The maximum Gasteiger partial charge on any atom is 0.253 e. The number of aromatic nitrogens is 2. The molecule has 2 fully saturated rings. The lowest BCUT2D eigenvalue weighted by atomic mass is 10.0. The summed E-state index contributed by atoms with van der Waals surface area (Å²) in [6.45, 7) is 5.36. The lowest BCUT2D eigenvalue weighted by Crippen LogP contribution is -2.62. The van der Waals surface area contributed by atoms with Crippen molar-refractivity contribution in [2.24, 2.45) is 0 Å². The van der Waals surface area contributed by atoms with Crippen LogP contribution < -0.4 is 32.7 Å². The fraction of sp³-hybridized carbons (Fsp3) is 0.324. The number of benzene rings is 6. The van der Waals surface area contributed by atoms with Gasteiger partial charge in [-0.05, 0) is 133 Å². The summed E-state index contributed by atoms with van der Waals surface area (Å²) in [5.41, 5.74) is 13.6. The molecule has 0 saturated carbocycles. The molecule has 10 N–H and O–H groups in total. The van der Waals surface area contributed by atoms with E-state index in [-0.39, 0.29) is 36.7 Å². The number of amides is 6. The van der Waals surface area contributed by atoms with Crippen LogP contribution in [0.15, 0.2) is 158 Å². The maximum atomic E-state index is 15.1. The zero-order chi connectivity index (χ0) is 58.7. The van der Waals surface area contributed by atoms with Gasteiger partial charge in [-0.3, -0.25) is 38.7 Å². The van der Waals surface area contributed by atoms with Crippen molar-refractivity contribution in [2.75, 3.05) is 26.2 Å². The highest BCUT2D eigenvalue weighted by atomic mass is 16.2. The van der Waals surface area contributed by atoms with Crippen LogP contribution in [0, 0.1) is 0 Å². The molecule has 0 radical (unpaired) electrons. The second kappa shape index (κ2) is 27.0. The van der Waals surface area contributed by atoms with Gasteiger partial charge in [0.2, 0.25) is 23.6 Å². The minimum atomic E-state index is -1.15. The van der Waals surface area contributed by atoms with Crippen LogP contribution in [0.25, 0.3) is 43.4 Å². The summed E-state index contributed by atoms with van der Waals surface area (Å²) >= 11 is 0. The lowest BCUT2D eigenvalue weighted by Gasteiger charge is -2.30. The molecule has 6 atom stereocenters. The number of hydrogen-bond acceptors (Lipinski definition) is 8. The topological polar surface area (TPSA) is 238 Å². The van der Waals surface area contributed by atoms with Crippen molar-refractivity contribution in [3.8, 4) is 0 Å². The molecule has 0 spiro atoms. The molecule has 2 aliphatic heterocycles. The second-order valence-corrected chi connectivity index (χ2v) is 22.2. The van der Waals surface area contributed by atoms with Crippen molar-refractivity contribution in [3.63, 3.8) is 0 Å². The van der Waals surface area contributed by atoms with Crippen molar-refractivity contribution in [1.82, 2.24) is 41.0 Å². The van der Waals surface area contributed by atoms with E-state index in [4.69, 9.17) is 9.97 Å². The molecule has 4 heterocycles. The highest BCUT2D eigenvalue weighted by Crippen LogP contribution is 2.28. The summed E-state index contributed by atoms with van der Waals surface area (Å²) in [5, 5.41) is 18.1. The third-order valence-corrected chi connectivity index (χ3v) is 16.5. The number of carbonyl (C=O) groups is 6. The predicted molar refractivity (Wildman–Crippen MR) is 327 cm³/mol. The first-order valence-corrected chi connectivity index (χ1v) is 29.7. The molecule has 432 valence electrons. The lowest BCUT2D eigenvalue weighted by molar-refractivity contribution is -0.373. The number of aryl methyl sites for hydroxylation is 2. The highest BCUT2D eigenvalue weighted by molar-refractivity contribution is 6.05. The van der Waals surface area contributed by atoms with Gasteiger partial charge in [0, 0.05) is 23.9 Å². The first-order valence-electron chi connectivity index (χ1n) is 29.7. The Morgan fingerprint density at radius 1 is 0.500 bits per heavy atom. The molecule has 2 aromatic heterocycles. The second-order valence-electron chi connectivity index (χ2n) is 22.2. The predicted octanol–water partition coefficient (Wildman–Crippen LogP) is 6.37. The minimum absolute atomic E-state index is 0.0159. The molecule has 8 aromatic rings. The van der Waals surface area contributed by atoms with Crippen LogP contribution in [0.5, 0.6) is 0 Å². The Morgan fingerprint density at radius 3 is 1.24 bits per heavy atom. The number of carbonyl (C=O) groups excluding carboxylic acids is 6. The van der Waals surface area contributed by atoms with Crippen molar-refractivity contribution in [1.29, 1.82) is 0 Å². The monoisotopic (exact) mass is 1130 g/mol. The summed E-state index contributed by atoms with van der Waals surface area (Å²) < 4.78 is 0. The van der Waals surface area contributed by atoms with Crippen molar-refractivity contribution in [2.45, 2.75) is 114 Å². The molecule has 0 bridgehead atoms. The summed E-state index contributed by atoms with van der Waals surface area (Å²) in [6.07, 6.45) is 7.55. The quantitative estimate of drug-likeness (QED) is 0.0329. The number of nitrogens with zero attached hydrogens (tertiary/aromatic N) is 4. The van der Waals surface area contributed by atoms with Gasteiger partial charge in [0.05, 0.1) is 58.7 Å².